The van der Waals surface area contributed by atoms with Crippen molar-refractivity contribution >= 4 is 0 Å². The molecule has 3 nitrogen and oxygen atoms in total. The molecule has 3 aliphatic carbocycles. The van der Waals surface area contributed by atoms with Crippen molar-refractivity contribution in [1.29, 1.82) is 0 Å². The maximum absolute atomic E-state index is 8.75. The number of aliphatic hydroxyl groups is 2. The first-order chi connectivity index (χ1) is 8.77. The summed E-state index contributed by atoms with van der Waals surface area (Å²) in [6.45, 7) is 0. The van der Waals surface area contributed by atoms with Crippen molar-refractivity contribution in [2.24, 2.45) is 0 Å². The van der Waals surface area contributed by atoms with Gasteiger partial charge in [-0.1, -0.05) is 12.2 Å². The fourth-order valence-corrected chi connectivity index (χ4v) is 2.72. The minimum atomic E-state index is -0.431. The molecule has 104 valence electrons. The first-order valence-electron chi connectivity index (χ1n) is 7.44. The second-order valence-corrected chi connectivity index (χ2v) is 5.61. The summed E-state index contributed by atoms with van der Waals surface area (Å²) in [5.74, 6) is 0. The van der Waals surface area contributed by atoms with E-state index in [4.69, 9.17) is 14.9 Å². The largest absolute Gasteiger partial charge is 0.390 e. The maximum Gasteiger partial charge on any atom is 0.0841 e. The van der Waals surface area contributed by atoms with Crippen LogP contribution in [0.15, 0.2) is 12.2 Å². The van der Waals surface area contributed by atoms with Gasteiger partial charge in [0.2, 0.25) is 0 Å². The Kier molecular flexibility index (Phi) is 5.67. The number of epoxide rings is 1. The molecule has 0 spiro atoms. The lowest BCUT2D eigenvalue weighted by molar-refractivity contribution is 0.0438. The third-order valence-electron chi connectivity index (χ3n) is 4.02. The number of hydrogen-bond donors (Lipinski definition) is 2. The monoisotopic (exact) mass is 254 g/mol. The van der Waals surface area contributed by atoms with Gasteiger partial charge in [-0.25, -0.2) is 0 Å². The molecule has 0 aromatic carbocycles. The van der Waals surface area contributed by atoms with Crippen molar-refractivity contribution in [3.8, 4) is 0 Å². The van der Waals surface area contributed by atoms with Gasteiger partial charge in [0.25, 0.3) is 0 Å². The molecule has 18 heavy (non-hydrogen) atoms. The van der Waals surface area contributed by atoms with E-state index in [2.05, 4.69) is 12.2 Å². The number of aliphatic hydroxyl groups excluding tert-OH is 2. The number of fused-ring (bicyclic) bond motifs is 1. The van der Waals surface area contributed by atoms with Crippen molar-refractivity contribution in [3.63, 3.8) is 0 Å². The van der Waals surface area contributed by atoms with Crippen molar-refractivity contribution in [1.82, 2.24) is 0 Å². The first kappa shape index (κ1) is 14.0. The molecule has 1 aliphatic heterocycles. The summed E-state index contributed by atoms with van der Waals surface area (Å²) in [6, 6.07) is 0. The summed E-state index contributed by atoms with van der Waals surface area (Å²) in [4.78, 5) is 0. The molecule has 1 saturated heterocycles. The topological polar surface area (TPSA) is 53.0 Å². The standard InChI is InChI=1S/C5H10O2.C5H8O.C5H8/c6-4-2-1-3-5(4)7;1-2-4-5(3-1)6-4;1-2-4-5-3-1/h4-7H,1-3H2;4-5H,1-3H2;1-2H,3-5H2. The van der Waals surface area contributed by atoms with Gasteiger partial charge in [-0.3, -0.25) is 0 Å². The predicted molar refractivity (Wildman–Crippen MR) is 71.4 cm³/mol. The molecular formula is C15H26O3. The van der Waals surface area contributed by atoms with Crippen LogP contribution in [0.2, 0.25) is 0 Å². The molecule has 2 saturated carbocycles. The minimum absolute atomic E-state index is 0.431. The third-order valence-corrected chi connectivity index (χ3v) is 4.02. The van der Waals surface area contributed by atoms with E-state index in [0.29, 0.717) is 12.2 Å². The van der Waals surface area contributed by atoms with E-state index < -0.39 is 12.2 Å². The van der Waals surface area contributed by atoms with E-state index in [1.807, 2.05) is 0 Å². The first-order valence-corrected chi connectivity index (χ1v) is 7.44. The van der Waals surface area contributed by atoms with Gasteiger partial charge in [0.15, 0.2) is 0 Å². The van der Waals surface area contributed by atoms with Gasteiger partial charge < -0.3 is 14.9 Å². The number of hydrogen-bond acceptors (Lipinski definition) is 3. The second-order valence-electron chi connectivity index (χ2n) is 5.61. The van der Waals surface area contributed by atoms with Gasteiger partial charge in [0, 0.05) is 0 Å². The van der Waals surface area contributed by atoms with E-state index in [1.165, 1.54) is 38.5 Å². The zero-order valence-corrected chi connectivity index (χ0v) is 11.1. The van der Waals surface area contributed by atoms with Crippen LogP contribution in [0.3, 0.4) is 0 Å². The van der Waals surface area contributed by atoms with Crippen molar-refractivity contribution < 1.29 is 14.9 Å². The van der Waals surface area contributed by atoms with E-state index in [-0.39, 0.29) is 0 Å². The number of allylic oxidation sites excluding steroid dienone is 2. The fraction of sp³-hybridized carbons (Fsp3) is 0.867. The van der Waals surface area contributed by atoms with Crippen molar-refractivity contribution in [3.05, 3.63) is 12.2 Å². The Morgan fingerprint density at radius 1 is 0.722 bits per heavy atom. The van der Waals surface area contributed by atoms with Crippen LogP contribution in [0.25, 0.3) is 0 Å². The van der Waals surface area contributed by atoms with Gasteiger partial charge in [-0.15, -0.1) is 0 Å². The normalized spacial score (nSPS) is 39.4. The lowest BCUT2D eigenvalue weighted by atomic mass is 10.3. The Balaban J connectivity index is 0.000000102. The predicted octanol–water partition coefficient (Wildman–Crippen LogP) is 2.56. The molecule has 0 bridgehead atoms. The molecule has 3 fully saturated rings. The van der Waals surface area contributed by atoms with Crippen LogP contribution in [0.5, 0.6) is 0 Å². The van der Waals surface area contributed by atoms with Crippen LogP contribution in [0.1, 0.15) is 57.8 Å². The molecule has 4 rings (SSSR count). The maximum atomic E-state index is 8.75. The number of rotatable bonds is 0. The van der Waals surface area contributed by atoms with E-state index in [1.54, 1.807) is 0 Å². The van der Waals surface area contributed by atoms with Gasteiger partial charge in [0.05, 0.1) is 24.4 Å². The highest BCUT2D eigenvalue weighted by Crippen LogP contribution is 2.37. The molecular weight excluding hydrogens is 228 g/mol. The minimum Gasteiger partial charge on any atom is -0.390 e. The van der Waals surface area contributed by atoms with E-state index >= 15 is 0 Å². The molecule has 0 aromatic rings. The van der Waals surface area contributed by atoms with Gasteiger partial charge in [0.1, 0.15) is 0 Å². The molecule has 1 heterocycles. The highest BCUT2D eigenvalue weighted by Gasteiger charge is 2.42. The van der Waals surface area contributed by atoms with E-state index in [9.17, 15) is 0 Å². The van der Waals surface area contributed by atoms with Crippen LogP contribution >= 0.6 is 0 Å². The average Bonchev–Trinajstić information content (AvgIpc) is 2.91. The molecule has 0 aromatic heterocycles. The summed E-state index contributed by atoms with van der Waals surface area (Å²) in [6.07, 6.45) is 15.7. The lowest BCUT2D eigenvalue weighted by Crippen LogP contribution is -2.17. The summed E-state index contributed by atoms with van der Waals surface area (Å²) in [5.41, 5.74) is 0. The number of ether oxygens (including phenoxy) is 1. The summed E-state index contributed by atoms with van der Waals surface area (Å²) < 4.78 is 5.15. The molecule has 4 aliphatic rings. The van der Waals surface area contributed by atoms with Crippen molar-refractivity contribution in [2.75, 3.05) is 0 Å². The van der Waals surface area contributed by atoms with Gasteiger partial charge in [-0.05, 0) is 57.8 Å². The highest BCUT2D eigenvalue weighted by molar-refractivity contribution is 4.90. The molecule has 2 N–H and O–H groups in total. The Bertz CT molecular complexity index is 242. The Labute approximate surface area is 110 Å². The van der Waals surface area contributed by atoms with Crippen molar-refractivity contribution in [2.45, 2.75) is 82.2 Å². The Morgan fingerprint density at radius 2 is 1.22 bits per heavy atom. The molecule has 0 amide bonds. The average molecular weight is 254 g/mol. The van der Waals surface area contributed by atoms with E-state index in [0.717, 1.165) is 19.3 Å². The Hall–Kier alpha value is -0.380. The van der Waals surface area contributed by atoms with Crippen LogP contribution < -0.4 is 0 Å². The Morgan fingerprint density at radius 3 is 1.39 bits per heavy atom. The zero-order valence-electron chi connectivity index (χ0n) is 11.1. The third kappa shape index (κ3) is 4.71. The SMILES string of the molecule is C1=CCCC1.C1CC2OC2C1.OC1CCCC1O. The summed E-state index contributed by atoms with van der Waals surface area (Å²) >= 11 is 0. The smallest absolute Gasteiger partial charge is 0.0841 e. The second kappa shape index (κ2) is 7.27. The molecule has 4 unspecified atom stereocenters. The van der Waals surface area contributed by atoms with Gasteiger partial charge in [-0.2, -0.15) is 0 Å². The molecule has 3 heteroatoms. The zero-order chi connectivity index (χ0) is 12.8. The van der Waals surface area contributed by atoms with Crippen LogP contribution in [-0.4, -0.2) is 34.6 Å². The van der Waals surface area contributed by atoms with Crippen LogP contribution in [0.4, 0.5) is 0 Å². The summed E-state index contributed by atoms with van der Waals surface area (Å²) in [5, 5.41) is 17.5. The van der Waals surface area contributed by atoms with Crippen LogP contribution in [0, 0.1) is 0 Å². The fourth-order valence-electron chi connectivity index (χ4n) is 2.72. The summed E-state index contributed by atoms with van der Waals surface area (Å²) in [7, 11) is 0. The molecule has 0 radical (unpaired) electrons. The van der Waals surface area contributed by atoms with Gasteiger partial charge >= 0.3 is 0 Å². The molecule has 4 atom stereocenters. The lowest BCUT2D eigenvalue weighted by Gasteiger charge is -2.03. The van der Waals surface area contributed by atoms with Crippen LogP contribution in [-0.2, 0) is 4.74 Å². The quantitative estimate of drug-likeness (QED) is 0.516. The highest BCUT2D eigenvalue weighted by atomic mass is 16.6.